The average molecular weight is 214 g/mol. The lowest BCUT2D eigenvalue weighted by molar-refractivity contribution is -0.0318. The molecule has 0 aromatic carbocycles. The van der Waals surface area contributed by atoms with Crippen LogP contribution in [0.15, 0.2) is 0 Å². The number of nitrogens with two attached hydrogens (primary N) is 1. The van der Waals surface area contributed by atoms with E-state index in [0.717, 1.165) is 38.8 Å². The molecule has 0 bridgehead atoms. The van der Waals surface area contributed by atoms with Crippen LogP contribution >= 0.6 is 0 Å². The van der Waals surface area contributed by atoms with Crippen LogP contribution in [-0.4, -0.2) is 37.6 Å². The summed E-state index contributed by atoms with van der Waals surface area (Å²) in [5, 5.41) is 3.36. The van der Waals surface area contributed by atoms with E-state index in [1.54, 1.807) is 0 Å². The molecule has 0 radical (unpaired) electrons. The van der Waals surface area contributed by atoms with Crippen LogP contribution in [0.1, 0.15) is 32.6 Å². The Morgan fingerprint density at radius 3 is 2.93 bits per heavy atom. The van der Waals surface area contributed by atoms with Gasteiger partial charge in [0, 0.05) is 6.42 Å². The zero-order chi connectivity index (χ0) is 10.7. The molecule has 2 heterocycles. The highest BCUT2D eigenvalue weighted by Gasteiger charge is 2.41. The number of hydrogen-bond donors (Lipinski definition) is 2. The van der Waals surface area contributed by atoms with Gasteiger partial charge in [-0.15, -0.1) is 0 Å². The summed E-state index contributed by atoms with van der Waals surface area (Å²) in [7, 11) is 0. The van der Waals surface area contributed by atoms with Crippen LogP contribution in [0.5, 0.6) is 0 Å². The molecule has 0 aromatic heterocycles. The summed E-state index contributed by atoms with van der Waals surface area (Å²) in [5.41, 5.74) is 5.87. The molecule has 2 fully saturated rings. The Bertz CT molecular complexity index is 205. The number of piperidine rings is 1. The molecule has 0 amide bonds. The van der Waals surface area contributed by atoms with Gasteiger partial charge >= 0.3 is 0 Å². The highest BCUT2D eigenvalue weighted by molar-refractivity contribution is 4.93. The first kappa shape index (κ1) is 11.3. The van der Waals surface area contributed by atoms with Crippen molar-refractivity contribution in [3.8, 4) is 0 Å². The number of hydrogen-bond acceptors (Lipinski definition) is 4. The van der Waals surface area contributed by atoms with Crippen molar-refractivity contribution < 1.29 is 9.47 Å². The van der Waals surface area contributed by atoms with Crippen LogP contribution in [0.3, 0.4) is 0 Å². The fourth-order valence-electron chi connectivity index (χ4n) is 2.46. The third-order valence-electron chi connectivity index (χ3n) is 3.46. The lowest BCUT2D eigenvalue weighted by Gasteiger charge is -2.32. The maximum Gasteiger partial charge on any atom is 0.105 e. The summed E-state index contributed by atoms with van der Waals surface area (Å²) >= 11 is 0. The molecule has 15 heavy (non-hydrogen) atoms. The van der Waals surface area contributed by atoms with Gasteiger partial charge in [-0.25, -0.2) is 0 Å². The van der Waals surface area contributed by atoms with Crippen molar-refractivity contribution in [1.82, 2.24) is 5.32 Å². The molecule has 1 spiro atoms. The summed E-state index contributed by atoms with van der Waals surface area (Å²) in [4.78, 5) is 0. The maximum absolute atomic E-state index is 5.92. The molecule has 0 saturated carbocycles. The lowest BCUT2D eigenvalue weighted by atomic mass is 9.89. The van der Waals surface area contributed by atoms with Crippen LogP contribution in [0.25, 0.3) is 0 Å². The number of nitrogens with one attached hydrogen (secondary N) is 1. The Kier molecular flexibility index (Phi) is 3.61. The second-order valence-electron chi connectivity index (χ2n) is 4.65. The predicted octanol–water partition coefficient (Wildman–Crippen LogP) is 0.609. The van der Waals surface area contributed by atoms with Crippen LogP contribution in [0.2, 0.25) is 0 Å². The molecular weight excluding hydrogens is 192 g/mol. The highest BCUT2D eigenvalue weighted by atomic mass is 16.6. The van der Waals surface area contributed by atoms with Crippen molar-refractivity contribution in [2.75, 3.05) is 19.7 Å². The minimum absolute atomic E-state index is 0.0867. The Hall–Kier alpha value is -0.160. The number of ether oxygens (including phenoxy) is 2. The van der Waals surface area contributed by atoms with E-state index >= 15 is 0 Å². The minimum Gasteiger partial charge on any atom is -0.372 e. The summed E-state index contributed by atoms with van der Waals surface area (Å²) in [6.07, 6.45) is 4.17. The second kappa shape index (κ2) is 4.78. The topological polar surface area (TPSA) is 56.5 Å². The van der Waals surface area contributed by atoms with Crippen molar-refractivity contribution in [3.63, 3.8) is 0 Å². The SMILES string of the molecule is CCC(N)OC1COC2(CCNCC2)C1. The second-order valence-corrected chi connectivity index (χ2v) is 4.65. The van der Waals surface area contributed by atoms with Crippen molar-refractivity contribution in [2.45, 2.75) is 50.5 Å². The first-order valence-electron chi connectivity index (χ1n) is 6.00. The molecular formula is C11H22N2O2. The van der Waals surface area contributed by atoms with E-state index in [1.807, 2.05) is 6.92 Å². The molecule has 0 aromatic rings. The largest absolute Gasteiger partial charge is 0.372 e. The van der Waals surface area contributed by atoms with Crippen molar-refractivity contribution >= 4 is 0 Å². The zero-order valence-electron chi connectivity index (χ0n) is 9.50. The fraction of sp³-hybridized carbons (Fsp3) is 1.00. The fourth-order valence-corrected chi connectivity index (χ4v) is 2.46. The van der Waals surface area contributed by atoms with Gasteiger partial charge in [0.1, 0.15) is 6.23 Å². The summed E-state index contributed by atoms with van der Waals surface area (Å²) in [5.74, 6) is 0. The van der Waals surface area contributed by atoms with E-state index in [-0.39, 0.29) is 17.9 Å². The normalized spacial score (nSPS) is 32.0. The Morgan fingerprint density at radius 1 is 1.53 bits per heavy atom. The molecule has 2 atom stereocenters. The van der Waals surface area contributed by atoms with Crippen LogP contribution < -0.4 is 11.1 Å². The first-order valence-corrected chi connectivity index (χ1v) is 6.00. The molecule has 4 nitrogen and oxygen atoms in total. The average Bonchev–Trinajstić information content (AvgIpc) is 2.62. The standard InChI is InChI=1S/C11H22N2O2/c1-2-10(12)15-9-7-11(14-8-9)3-5-13-6-4-11/h9-10,13H,2-8,12H2,1H3. The van der Waals surface area contributed by atoms with Gasteiger partial charge < -0.3 is 20.5 Å². The van der Waals surface area contributed by atoms with Gasteiger partial charge in [0.05, 0.1) is 18.3 Å². The van der Waals surface area contributed by atoms with E-state index in [9.17, 15) is 0 Å². The molecule has 2 aliphatic rings. The molecule has 2 aliphatic heterocycles. The van der Waals surface area contributed by atoms with Crippen LogP contribution in [0, 0.1) is 0 Å². The Labute approximate surface area is 91.5 Å². The van der Waals surface area contributed by atoms with E-state index < -0.39 is 0 Å². The molecule has 88 valence electrons. The van der Waals surface area contributed by atoms with Crippen molar-refractivity contribution in [2.24, 2.45) is 5.73 Å². The van der Waals surface area contributed by atoms with Crippen molar-refractivity contribution in [3.05, 3.63) is 0 Å². The maximum atomic E-state index is 5.92. The third kappa shape index (κ3) is 2.69. The smallest absolute Gasteiger partial charge is 0.105 e. The predicted molar refractivity (Wildman–Crippen MR) is 58.5 cm³/mol. The molecule has 2 rings (SSSR count). The third-order valence-corrected chi connectivity index (χ3v) is 3.46. The Balaban J connectivity index is 1.82. The monoisotopic (exact) mass is 214 g/mol. The van der Waals surface area contributed by atoms with Gasteiger partial charge in [0.25, 0.3) is 0 Å². The Morgan fingerprint density at radius 2 is 2.27 bits per heavy atom. The first-order chi connectivity index (χ1) is 7.24. The van der Waals surface area contributed by atoms with Crippen molar-refractivity contribution in [1.29, 1.82) is 0 Å². The van der Waals surface area contributed by atoms with Gasteiger partial charge in [-0.2, -0.15) is 0 Å². The molecule has 0 aliphatic carbocycles. The molecule has 2 saturated heterocycles. The molecule has 4 heteroatoms. The summed E-state index contributed by atoms with van der Waals surface area (Å²) < 4.78 is 11.6. The zero-order valence-corrected chi connectivity index (χ0v) is 9.50. The van der Waals surface area contributed by atoms with E-state index in [0.29, 0.717) is 6.61 Å². The van der Waals surface area contributed by atoms with Gasteiger partial charge in [-0.3, -0.25) is 0 Å². The van der Waals surface area contributed by atoms with Gasteiger partial charge in [-0.05, 0) is 32.4 Å². The quantitative estimate of drug-likeness (QED) is 0.676. The highest BCUT2D eigenvalue weighted by Crippen LogP contribution is 2.35. The number of rotatable bonds is 3. The lowest BCUT2D eigenvalue weighted by Crippen LogP contribution is -2.42. The summed E-state index contributed by atoms with van der Waals surface area (Å²) in [6, 6.07) is 0. The van der Waals surface area contributed by atoms with Crippen LogP contribution in [-0.2, 0) is 9.47 Å². The molecule has 2 unspecified atom stereocenters. The van der Waals surface area contributed by atoms with E-state index in [4.69, 9.17) is 15.2 Å². The van der Waals surface area contributed by atoms with E-state index in [2.05, 4.69) is 5.32 Å². The van der Waals surface area contributed by atoms with Crippen LogP contribution in [0.4, 0.5) is 0 Å². The van der Waals surface area contributed by atoms with Gasteiger partial charge in [0.2, 0.25) is 0 Å². The summed E-state index contributed by atoms with van der Waals surface area (Å²) in [6.45, 7) is 4.88. The van der Waals surface area contributed by atoms with Gasteiger partial charge in [0.15, 0.2) is 0 Å². The molecule has 3 N–H and O–H groups in total. The minimum atomic E-state index is -0.129. The van der Waals surface area contributed by atoms with E-state index in [1.165, 1.54) is 0 Å². The van der Waals surface area contributed by atoms with Gasteiger partial charge in [-0.1, -0.05) is 6.92 Å².